The first-order chi connectivity index (χ1) is 11.1. The van der Waals surface area contributed by atoms with E-state index in [1.807, 2.05) is 30.3 Å². The predicted molar refractivity (Wildman–Crippen MR) is 86.6 cm³/mol. The molecule has 23 heavy (non-hydrogen) atoms. The zero-order valence-corrected chi connectivity index (χ0v) is 12.9. The summed E-state index contributed by atoms with van der Waals surface area (Å²) >= 11 is 0. The highest BCUT2D eigenvalue weighted by Gasteiger charge is 2.11. The number of carbonyl (C=O) groups is 2. The van der Waals surface area contributed by atoms with Crippen molar-refractivity contribution in [2.24, 2.45) is 0 Å². The molecule has 0 saturated carbocycles. The summed E-state index contributed by atoms with van der Waals surface area (Å²) in [6.07, 6.45) is 1.10. The van der Waals surface area contributed by atoms with E-state index < -0.39 is 5.97 Å². The molecule has 2 rings (SSSR count). The van der Waals surface area contributed by atoms with Crippen LogP contribution in [-0.2, 0) is 17.8 Å². The highest BCUT2D eigenvalue weighted by Crippen LogP contribution is 2.20. The Bertz CT molecular complexity index is 683. The van der Waals surface area contributed by atoms with Gasteiger partial charge in [-0.3, -0.25) is 4.79 Å². The van der Waals surface area contributed by atoms with Gasteiger partial charge in [-0.2, -0.15) is 0 Å². The largest absolute Gasteiger partial charge is 0.496 e. The summed E-state index contributed by atoms with van der Waals surface area (Å²) in [5.74, 6) is -0.802. The summed E-state index contributed by atoms with van der Waals surface area (Å²) in [6.45, 7) is 0.337. The number of hydrogen-bond acceptors (Lipinski definition) is 3. The second kappa shape index (κ2) is 7.98. The van der Waals surface area contributed by atoms with Gasteiger partial charge in [-0.15, -0.1) is 0 Å². The van der Waals surface area contributed by atoms with Crippen LogP contribution in [-0.4, -0.2) is 24.1 Å². The fourth-order valence-corrected chi connectivity index (χ4v) is 2.21. The van der Waals surface area contributed by atoms with Gasteiger partial charge in [-0.05, 0) is 29.7 Å². The average molecular weight is 313 g/mol. The van der Waals surface area contributed by atoms with Gasteiger partial charge >= 0.3 is 5.97 Å². The van der Waals surface area contributed by atoms with Crippen molar-refractivity contribution in [1.29, 1.82) is 0 Å². The van der Waals surface area contributed by atoms with Gasteiger partial charge in [0.2, 0.25) is 5.91 Å². The van der Waals surface area contributed by atoms with E-state index >= 15 is 0 Å². The van der Waals surface area contributed by atoms with Crippen LogP contribution in [0.25, 0.3) is 0 Å². The van der Waals surface area contributed by atoms with Gasteiger partial charge in [0.15, 0.2) is 0 Å². The van der Waals surface area contributed by atoms with Crippen molar-refractivity contribution in [3.05, 3.63) is 65.2 Å². The lowest BCUT2D eigenvalue weighted by molar-refractivity contribution is -0.121. The predicted octanol–water partition coefficient (Wildman–Crippen LogP) is 2.64. The molecule has 2 aromatic rings. The Morgan fingerprint density at radius 3 is 2.48 bits per heavy atom. The van der Waals surface area contributed by atoms with Crippen LogP contribution in [0.3, 0.4) is 0 Å². The molecule has 1 amide bonds. The summed E-state index contributed by atoms with van der Waals surface area (Å²) in [7, 11) is 1.42. The monoisotopic (exact) mass is 313 g/mol. The van der Waals surface area contributed by atoms with Crippen molar-refractivity contribution in [3.8, 4) is 5.75 Å². The lowest BCUT2D eigenvalue weighted by Gasteiger charge is -2.09. The molecule has 0 unspecified atom stereocenters. The molecule has 0 radical (unpaired) electrons. The molecule has 0 aromatic heterocycles. The van der Waals surface area contributed by atoms with Crippen LogP contribution in [0.2, 0.25) is 0 Å². The van der Waals surface area contributed by atoms with E-state index in [-0.39, 0.29) is 17.2 Å². The van der Waals surface area contributed by atoms with Gasteiger partial charge in [-0.1, -0.05) is 36.4 Å². The Balaban J connectivity index is 1.88. The molecule has 0 aliphatic rings. The number of benzene rings is 2. The van der Waals surface area contributed by atoms with Crippen LogP contribution >= 0.6 is 0 Å². The summed E-state index contributed by atoms with van der Waals surface area (Å²) in [4.78, 5) is 22.9. The van der Waals surface area contributed by atoms with Gasteiger partial charge in [0, 0.05) is 13.0 Å². The molecule has 0 saturated heterocycles. The van der Waals surface area contributed by atoms with Gasteiger partial charge in [-0.25, -0.2) is 4.79 Å². The number of methoxy groups -OCH3 is 1. The van der Waals surface area contributed by atoms with Crippen molar-refractivity contribution in [3.63, 3.8) is 0 Å². The maximum absolute atomic E-state index is 11.9. The number of amides is 1. The lowest BCUT2D eigenvalue weighted by Crippen LogP contribution is -2.23. The number of carboxylic acids is 1. The summed E-state index contributed by atoms with van der Waals surface area (Å²) < 4.78 is 5.07. The summed E-state index contributed by atoms with van der Waals surface area (Å²) in [5.41, 5.74) is 2.02. The fraction of sp³-hybridized carbons (Fsp3) is 0.222. The van der Waals surface area contributed by atoms with Gasteiger partial charge in [0.05, 0.1) is 7.11 Å². The zero-order valence-electron chi connectivity index (χ0n) is 12.9. The van der Waals surface area contributed by atoms with Crippen LogP contribution in [0.5, 0.6) is 5.75 Å². The van der Waals surface area contributed by atoms with Crippen molar-refractivity contribution >= 4 is 11.9 Å². The van der Waals surface area contributed by atoms with Gasteiger partial charge < -0.3 is 15.2 Å². The van der Waals surface area contributed by atoms with Crippen LogP contribution in [0.15, 0.2) is 48.5 Å². The summed E-state index contributed by atoms with van der Waals surface area (Å²) in [5, 5.41) is 11.9. The molecule has 2 N–H and O–H groups in total. The highest BCUT2D eigenvalue weighted by atomic mass is 16.5. The minimum Gasteiger partial charge on any atom is -0.496 e. The molecule has 0 heterocycles. The van der Waals surface area contributed by atoms with Crippen molar-refractivity contribution in [2.75, 3.05) is 7.11 Å². The van der Waals surface area contributed by atoms with Crippen molar-refractivity contribution in [1.82, 2.24) is 5.32 Å². The molecule has 0 aliphatic carbocycles. The van der Waals surface area contributed by atoms with E-state index in [0.29, 0.717) is 19.4 Å². The van der Waals surface area contributed by atoms with E-state index in [1.165, 1.54) is 13.2 Å². The van der Waals surface area contributed by atoms with Crippen LogP contribution in [0, 0.1) is 0 Å². The molecule has 0 aliphatic heterocycles. The Hall–Kier alpha value is -2.82. The first-order valence-electron chi connectivity index (χ1n) is 7.31. The molecule has 0 bridgehead atoms. The van der Waals surface area contributed by atoms with E-state index in [9.17, 15) is 9.59 Å². The Labute approximate surface area is 134 Å². The minimum atomic E-state index is -1.04. The third kappa shape index (κ3) is 4.85. The first-order valence-corrected chi connectivity index (χ1v) is 7.31. The second-order valence-corrected chi connectivity index (χ2v) is 5.10. The number of carbonyl (C=O) groups excluding carboxylic acids is 1. The van der Waals surface area contributed by atoms with E-state index in [2.05, 4.69) is 5.32 Å². The first kappa shape index (κ1) is 16.5. The van der Waals surface area contributed by atoms with Crippen LogP contribution in [0.4, 0.5) is 0 Å². The zero-order chi connectivity index (χ0) is 16.7. The fourth-order valence-electron chi connectivity index (χ4n) is 2.21. The van der Waals surface area contributed by atoms with Crippen LogP contribution < -0.4 is 10.1 Å². The van der Waals surface area contributed by atoms with Crippen molar-refractivity contribution < 1.29 is 19.4 Å². The number of carboxylic acid groups (broad SMARTS) is 1. The SMILES string of the molecule is COc1cc(CNC(=O)CCc2ccccc2)ccc1C(=O)O. The van der Waals surface area contributed by atoms with E-state index in [4.69, 9.17) is 9.84 Å². The number of aryl methyl sites for hydroxylation is 1. The third-order valence-electron chi connectivity index (χ3n) is 3.47. The topological polar surface area (TPSA) is 75.6 Å². The molecule has 5 heteroatoms. The Kier molecular flexibility index (Phi) is 5.74. The maximum atomic E-state index is 11.9. The second-order valence-electron chi connectivity index (χ2n) is 5.10. The number of rotatable bonds is 7. The van der Waals surface area contributed by atoms with Crippen LogP contribution in [0.1, 0.15) is 27.9 Å². The minimum absolute atomic E-state index is 0.0462. The van der Waals surface area contributed by atoms with Gasteiger partial charge in [0.1, 0.15) is 11.3 Å². The number of aromatic carboxylic acids is 1. The summed E-state index contributed by atoms with van der Waals surface area (Å²) in [6, 6.07) is 14.6. The molecule has 0 spiro atoms. The third-order valence-corrected chi connectivity index (χ3v) is 3.47. The van der Waals surface area contributed by atoms with Gasteiger partial charge in [0.25, 0.3) is 0 Å². The number of ether oxygens (including phenoxy) is 1. The quantitative estimate of drug-likeness (QED) is 0.824. The molecule has 0 fully saturated rings. The number of hydrogen-bond donors (Lipinski definition) is 2. The smallest absolute Gasteiger partial charge is 0.339 e. The van der Waals surface area contributed by atoms with Crippen molar-refractivity contribution in [2.45, 2.75) is 19.4 Å². The Morgan fingerprint density at radius 1 is 1.09 bits per heavy atom. The molecule has 5 nitrogen and oxygen atoms in total. The highest BCUT2D eigenvalue weighted by molar-refractivity contribution is 5.91. The molecule has 2 aromatic carbocycles. The molecular weight excluding hydrogens is 294 g/mol. The standard InChI is InChI=1S/C18H19NO4/c1-23-16-11-14(7-9-15(16)18(21)22)12-19-17(20)10-8-13-5-3-2-4-6-13/h2-7,9,11H,8,10,12H2,1H3,(H,19,20)(H,21,22). The molecular formula is C18H19NO4. The molecule has 0 atom stereocenters. The maximum Gasteiger partial charge on any atom is 0.339 e. The Morgan fingerprint density at radius 2 is 1.83 bits per heavy atom. The van der Waals surface area contributed by atoms with E-state index in [1.54, 1.807) is 12.1 Å². The lowest BCUT2D eigenvalue weighted by atomic mass is 10.1. The van der Waals surface area contributed by atoms with E-state index in [0.717, 1.165) is 11.1 Å². The molecule has 120 valence electrons. The normalized spacial score (nSPS) is 10.1. The number of nitrogens with one attached hydrogen (secondary N) is 1. The average Bonchev–Trinajstić information content (AvgIpc) is 2.58.